The van der Waals surface area contributed by atoms with E-state index in [0.29, 0.717) is 31.0 Å². The minimum absolute atomic E-state index is 0.0360. The van der Waals surface area contributed by atoms with Crippen LogP contribution in [0.4, 0.5) is 4.39 Å². The Labute approximate surface area is 175 Å². The molecule has 2 aromatic heterocycles. The number of benzene rings is 1. The largest absolute Gasteiger partial charge is 0.360 e. The van der Waals surface area contributed by atoms with E-state index >= 15 is 0 Å². The van der Waals surface area contributed by atoms with E-state index in [1.54, 1.807) is 26.0 Å². The van der Waals surface area contributed by atoms with Crippen LogP contribution in [0.2, 0.25) is 0 Å². The first-order valence-electron chi connectivity index (χ1n) is 9.97. The van der Waals surface area contributed by atoms with E-state index in [-0.39, 0.29) is 16.6 Å². The standard InChI is InChI=1S/C22H24FN3O3S/c1-15-22(16(2)29-25-15)30(27,28)26-11-3-4-19(14-26)21-10-7-18(13-24-21)12-17-5-8-20(23)9-6-17/h5-10,13,19H,3-4,11-12,14H2,1-2H3/t19-/m1/s1. The van der Waals surface area contributed by atoms with E-state index in [1.807, 2.05) is 18.3 Å². The van der Waals surface area contributed by atoms with Crippen LogP contribution in [0.25, 0.3) is 0 Å². The Balaban J connectivity index is 1.49. The van der Waals surface area contributed by atoms with Gasteiger partial charge in [-0.15, -0.1) is 0 Å². The molecule has 0 N–H and O–H groups in total. The number of sulfonamides is 1. The van der Waals surface area contributed by atoms with Gasteiger partial charge in [0.25, 0.3) is 0 Å². The average molecular weight is 430 g/mol. The SMILES string of the molecule is Cc1noc(C)c1S(=O)(=O)N1CCC[C@@H](c2ccc(Cc3ccc(F)cc3)cn2)C1. The quantitative estimate of drug-likeness (QED) is 0.613. The van der Waals surface area contributed by atoms with Crippen LogP contribution >= 0.6 is 0 Å². The summed E-state index contributed by atoms with van der Waals surface area (Å²) in [5.74, 6) is 0.104. The molecule has 0 radical (unpaired) electrons. The molecule has 0 bridgehead atoms. The van der Waals surface area contributed by atoms with Crippen LogP contribution in [0, 0.1) is 19.7 Å². The van der Waals surface area contributed by atoms with Crippen molar-refractivity contribution in [1.82, 2.24) is 14.4 Å². The second kappa shape index (κ2) is 8.28. The van der Waals surface area contributed by atoms with Crippen LogP contribution < -0.4 is 0 Å². The van der Waals surface area contributed by atoms with Gasteiger partial charge in [-0.2, -0.15) is 4.31 Å². The molecule has 8 heteroatoms. The van der Waals surface area contributed by atoms with Crippen LogP contribution in [0.3, 0.4) is 0 Å². The predicted octanol–water partition coefficient (Wildman–Crippen LogP) is 3.98. The summed E-state index contributed by atoms with van der Waals surface area (Å²) >= 11 is 0. The molecule has 0 amide bonds. The number of halogens is 1. The Morgan fingerprint density at radius 2 is 1.87 bits per heavy atom. The third-order valence-corrected chi connectivity index (χ3v) is 7.65. The fourth-order valence-corrected chi connectivity index (χ4v) is 5.81. The van der Waals surface area contributed by atoms with Gasteiger partial charge in [0.1, 0.15) is 16.4 Å². The normalized spacial score (nSPS) is 17.9. The zero-order valence-electron chi connectivity index (χ0n) is 17.0. The highest BCUT2D eigenvalue weighted by atomic mass is 32.2. The lowest BCUT2D eigenvalue weighted by Gasteiger charge is -2.31. The first kappa shape index (κ1) is 20.7. The molecule has 3 aromatic rings. The Morgan fingerprint density at radius 3 is 2.50 bits per heavy atom. The van der Waals surface area contributed by atoms with E-state index < -0.39 is 10.0 Å². The van der Waals surface area contributed by atoms with Gasteiger partial charge in [0.05, 0.1) is 0 Å². The summed E-state index contributed by atoms with van der Waals surface area (Å²) in [5, 5.41) is 3.79. The Hall–Kier alpha value is -2.58. The van der Waals surface area contributed by atoms with Crippen molar-refractivity contribution < 1.29 is 17.3 Å². The molecule has 1 aliphatic heterocycles. The van der Waals surface area contributed by atoms with Crippen LogP contribution in [0.15, 0.2) is 52.0 Å². The fraction of sp³-hybridized carbons (Fsp3) is 0.364. The van der Waals surface area contributed by atoms with Crippen molar-refractivity contribution in [2.75, 3.05) is 13.1 Å². The summed E-state index contributed by atoms with van der Waals surface area (Å²) in [6.45, 7) is 4.13. The van der Waals surface area contributed by atoms with Gasteiger partial charge in [0.2, 0.25) is 10.0 Å². The topological polar surface area (TPSA) is 76.3 Å². The second-order valence-corrected chi connectivity index (χ2v) is 9.62. The zero-order valence-corrected chi connectivity index (χ0v) is 17.8. The minimum atomic E-state index is -3.65. The summed E-state index contributed by atoms with van der Waals surface area (Å²) in [4.78, 5) is 4.78. The second-order valence-electron chi connectivity index (χ2n) is 7.75. The Bertz CT molecular complexity index is 1110. The maximum absolute atomic E-state index is 13.1. The monoisotopic (exact) mass is 429 g/mol. The molecule has 0 unspecified atom stereocenters. The third-order valence-electron chi connectivity index (χ3n) is 5.54. The van der Waals surface area contributed by atoms with Crippen LogP contribution in [0.1, 0.15) is 47.0 Å². The molecule has 1 saturated heterocycles. The molecule has 3 heterocycles. The van der Waals surface area contributed by atoms with E-state index in [2.05, 4.69) is 10.1 Å². The van der Waals surface area contributed by atoms with Crippen molar-refractivity contribution in [2.24, 2.45) is 0 Å². The van der Waals surface area contributed by atoms with Crippen molar-refractivity contribution >= 4 is 10.0 Å². The summed E-state index contributed by atoms with van der Waals surface area (Å²) in [6, 6.07) is 10.4. The van der Waals surface area contributed by atoms with Gasteiger partial charge >= 0.3 is 0 Å². The molecule has 1 aliphatic rings. The minimum Gasteiger partial charge on any atom is -0.360 e. The summed E-state index contributed by atoms with van der Waals surface area (Å²) in [6.07, 6.45) is 4.15. The number of aromatic nitrogens is 2. The van der Waals surface area contributed by atoms with Gasteiger partial charge in [0.15, 0.2) is 5.76 Å². The predicted molar refractivity (Wildman–Crippen MR) is 110 cm³/mol. The van der Waals surface area contributed by atoms with Crippen molar-refractivity contribution in [3.8, 4) is 0 Å². The van der Waals surface area contributed by atoms with Gasteiger partial charge in [-0.3, -0.25) is 4.98 Å². The number of hydrogen-bond donors (Lipinski definition) is 0. The first-order valence-corrected chi connectivity index (χ1v) is 11.4. The first-order chi connectivity index (χ1) is 14.3. The lowest BCUT2D eigenvalue weighted by Crippen LogP contribution is -2.39. The molecular weight excluding hydrogens is 405 g/mol. The average Bonchev–Trinajstić information content (AvgIpc) is 3.09. The van der Waals surface area contributed by atoms with E-state index in [4.69, 9.17) is 4.52 Å². The summed E-state index contributed by atoms with van der Waals surface area (Å²) in [5.41, 5.74) is 3.32. The molecule has 4 rings (SSSR count). The number of pyridine rings is 1. The van der Waals surface area contributed by atoms with E-state index in [0.717, 1.165) is 29.7 Å². The van der Waals surface area contributed by atoms with E-state index in [1.165, 1.54) is 16.4 Å². The highest BCUT2D eigenvalue weighted by Gasteiger charge is 2.35. The molecule has 1 aromatic carbocycles. The molecule has 30 heavy (non-hydrogen) atoms. The summed E-state index contributed by atoms with van der Waals surface area (Å²) < 4.78 is 45.9. The summed E-state index contributed by atoms with van der Waals surface area (Å²) in [7, 11) is -3.65. The fourth-order valence-electron chi connectivity index (χ4n) is 3.99. The molecular formula is C22H24FN3O3S. The number of rotatable bonds is 5. The molecule has 6 nitrogen and oxygen atoms in total. The van der Waals surface area contributed by atoms with Crippen LogP contribution in [0.5, 0.6) is 0 Å². The molecule has 1 fully saturated rings. The van der Waals surface area contributed by atoms with E-state index in [9.17, 15) is 12.8 Å². The Morgan fingerprint density at radius 1 is 1.13 bits per heavy atom. The molecule has 0 aliphatic carbocycles. The lowest BCUT2D eigenvalue weighted by molar-refractivity contribution is 0.312. The van der Waals surface area contributed by atoms with Crippen molar-refractivity contribution in [3.63, 3.8) is 0 Å². The zero-order chi connectivity index (χ0) is 21.3. The van der Waals surface area contributed by atoms with Crippen molar-refractivity contribution in [3.05, 3.63) is 76.7 Å². The highest BCUT2D eigenvalue weighted by Crippen LogP contribution is 2.31. The van der Waals surface area contributed by atoms with Crippen molar-refractivity contribution in [2.45, 2.75) is 43.9 Å². The maximum Gasteiger partial charge on any atom is 0.248 e. The van der Waals surface area contributed by atoms with Crippen LogP contribution in [-0.4, -0.2) is 36.0 Å². The van der Waals surface area contributed by atoms with Crippen molar-refractivity contribution in [1.29, 1.82) is 0 Å². The molecule has 0 saturated carbocycles. The number of piperidine rings is 1. The number of hydrogen-bond acceptors (Lipinski definition) is 5. The third kappa shape index (κ3) is 4.15. The number of aryl methyl sites for hydroxylation is 2. The number of nitrogens with zero attached hydrogens (tertiary/aromatic N) is 3. The van der Waals surface area contributed by atoms with Gasteiger partial charge in [-0.05, 0) is 62.4 Å². The molecule has 1 atom stereocenters. The van der Waals surface area contributed by atoms with Gasteiger partial charge in [-0.25, -0.2) is 12.8 Å². The Kier molecular flexibility index (Phi) is 5.71. The molecule has 0 spiro atoms. The highest BCUT2D eigenvalue weighted by molar-refractivity contribution is 7.89. The van der Waals surface area contributed by atoms with Crippen LogP contribution in [-0.2, 0) is 16.4 Å². The lowest BCUT2D eigenvalue weighted by atomic mass is 9.95. The smallest absolute Gasteiger partial charge is 0.248 e. The molecule has 158 valence electrons. The van der Waals surface area contributed by atoms with Gasteiger partial charge < -0.3 is 4.52 Å². The van der Waals surface area contributed by atoms with Gasteiger partial charge in [0, 0.05) is 30.9 Å². The maximum atomic E-state index is 13.1. The van der Waals surface area contributed by atoms with Gasteiger partial charge in [-0.1, -0.05) is 23.4 Å².